The summed E-state index contributed by atoms with van der Waals surface area (Å²) in [5.41, 5.74) is 8.68. The van der Waals surface area contributed by atoms with Crippen molar-refractivity contribution in [1.29, 1.82) is 0 Å². The first-order valence-corrected chi connectivity index (χ1v) is 7.84. The lowest BCUT2D eigenvalue weighted by Gasteiger charge is -2.41. The van der Waals surface area contributed by atoms with Gasteiger partial charge >= 0.3 is 0 Å². The van der Waals surface area contributed by atoms with Crippen LogP contribution in [0.25, 0.3) is 0 Å². The van der Waals surface area contributed by atoms with Crippen molar-refractivity contribution < 1.29 is 0 Å². The van der Waals surface area contributed by atoms with E-state index in [9.17, 15) is 0 Å². The zero-order chi connectivity index (χ0) is 14.6. The fourth-order valence-corrected chi connectivity index (χ4v) is 3.39. The van der Waals surface area contributed by atoms with Gasteiger partial charge in [0.25, 0.3) is 0 Å². The molecule has 0 radical (unpaired) electrons. The number of hydrogen-bond acceptors (Lipinski definition) is 3. The monoisotopic (exact) mass is 275 g/mol. The Labute approximate surface area is 123 Å². The van der Waals surface area contributed by atoms with Crippen molar-refractivity contribution >= 4 is 0 Å². The number of rotatable bonds is 5. The van der Waals surface area contributed by atoms with E-state index >= 15 is 0 Å². The Morgan fingerprint density at radius 3 is 2.65 bits per heavy atom. The molecule has 0 spiro atoms. The highest BCUT2D eigenvalue weighted by atomic mass is 15.1. The van der Waals surface area contributed by atoms with Gasteiger partial charge in [-0.1, -0.05) is 25.8 Å². The zero-order valence-corrected chi connectivity index (χ0v) is 13.2. The highest BCUT2D eigenvalue weighted by Gasteiger charge is 2.33. The summed E-state index contributed by atoms with van der Waals surface area (Å²) < 4.78 is 0. The molecule has 1 heterocycles. The first-order chi connectivity index (χ1) is 9.53. The van der Waals surface area contributed by atoms with E-state index in [2.05, 4.69) is 36.0 Å². The number of aryl methyl sites for hydroxylation is 1. The molecule has 1 saturated carbocycles. The fraction of sp³-hybridized carbons (Fsp3) is 0.706. The van der Waals surface area contributed by atoms with Gasteiger partial charge in [0.15, 0.2) is 0 Å². The Morgan fingerprint density at radius 2 is 2.05 bits per heavy atom. The highest BCUT2D eigenvalue weighted by Crippen LogP contribution is 2.38. The maximum Gasteiger partial charge on any atom is 0.0547 e. The van der Waals surface area contributed by atoms with Gasteiger partial charge in [-0.2, -0.15) is 0 Å². The van der Waals surface area contributed by atoms with Gasteiger partial charge in [0.2, 0.25) is 0 Å². The fourth-order valence-electron chi connectivity index (χ4n) is 3.39. The van der Waals surface area contributed by atoms with Crippen molar-refractivity contribution in [2.24, 2.45) is 17.1 Å². The van der Waals surface area contributed by atoms with Crippen LogP contribution in [0.15, 0.2) is 18.2 Å². The number of nitrogens with two attached hydrogens (primary N) is 1. The third kappa shape index (κ3) is 4.03. The van der Waals surface area contributed by atoms with E-state index in [-0.39, 0.29) is 0 Å². The van der Waals surface area contributed by atoms with Gasteiger partial charge in [-0.3, -0.25) is 9.88 Å². The summed E-state index contributed by atoms with van der Waals surface area (Å²) in [6.07, 6.45) is 5.20. The molecular weight excluding hydrogens is 246 g/mol. The van der Waals surface area contributed by atoms with E-state index in [1.165, 1.54) is 25.7 Å². The van der Waals surface area contributed by atoms with Crippen molar-refractivity contribution in [3.63, 3.8) is 0 Å². The maximum atomic E-state index is 6.11. The van der Waals surface area contributed by atoms with E-state index in [0.29, 0.717) is 5.41 Å². The quantitative estimate of drug-likeness (QED) is 0.898. The third-order valence-electron chi connectivity index (χ3n) is 4.75. The SMILES string of the molecule is Cc1cccc(CN(C)CC2(CN)CCC(C)CC2)n1. The lowest BCUT2D eigenvalue weighted by molar-refractivity contribution is 0.105. The van der Waals surface area contributed by atoms with Crippen LogP contribution in [0.1, 0.15) is 44.0 Å². The average molecular weight is 275 g/mol. The van der Waals surface area contributed by atoms with Crippen LogP contribution in [0.2, 0.25) is 0 Å². The summed E-state index contributed by atoms with van der Waals surface area (Å²) in [7, 11) is 2.19. The minimum Gasteiger partial charge on any atom is -0.330 e. The van der Waals surface area contributed by atoms with E-state index in [4.69, 9.17) is 5.73 Å². The second-order valence-electron chi connectivity index (χ2n) is 6.83. The molecule has 1 aromatic rings. The van der Waals surface area contributed by atoms with Crippen LogP contribution in [0.5, 0.6) is 0 Å². The number of pyridine rings is 1. The molecule has 0 saturated heterocycles. The molecule has 1 aliphatic carbocycles. The Hall–Kier alpha value is -0.930. The van der Waals surface area contributed by atoms with Crippen molar-refractivity contribution in [2.75, 3.05) is 20.1 Å². The van der Waals surface area contributed by atoms with Gasteiger partial charge in [0.05, 0.1) is 5.69 Å². The van der Waals surface area contributed by atoms with Crippen LogP contribution in [0, 0.1) is 18.3 Å². The predicted molar refractivity (Wildman–Crippen MR) is 84.4 cm³/mol. The number of nitrogens with zero attached hydrogens (tertiary/aromatic N) is 2. The standard InChI is InChI=1S/C17H29N3/c1-14-7-9-17(12-18,10-8-14)13-20(3)11-16-6-4-5-15(2)19-16/h4-6,14H,7-13,18H2,1-3H3. The Kier molecular flexibility index (Phi) is 5.17. The maximum absolute atomic E-state index is 6.11. The van der Waals surface area contributed by atoms with Crippen LogP contribution < -0.4 is 5.73 Å². The summed E-state index contributed by atoms with van der Waals surface area (Å²) in [5, 5.41) is 0. The summed E-state index contributed by atoms with van der Waals surface area (Å²) in [6.45, 7) is 7.23. The second-order valence-corrected chi connectivity index (χ2v) is 6.83. The molecule has 3 nitrogen and oxygen atoms in total. The van der Waals surface area contributed by atoms with Crippen LogP contribution in [0.4, 0.5) is 0 Å². The second kappa shape index (κ2) is 6.68. The number of hydrogen-bond donors (Lipinski definition) is 1. The average Bonchev–Trinajstić information content (AvgIpc) is 2.41. The van der Waals surface area contributed by atoms with Gasteiger partial charge in [-0.25, -0.2) is 0 Å². The van der Waals surface area contributed by atoms with Crippen molar-refractivity contribution in [3.05, 3.63) is 29.6 Å². The highest BCUT2D eigenvalue weighted by molar-refractivity contribution is 5.09. The van der Waals surface area contributed by atoms with Gasteiger partial charge in [-0.15, -0.1) is 0 Å². The van der Waals surface area contributed by atoms with Crippen LogP contribution in [-0.4, -0.2) is 30.0 Å². The molecule has 0 bridgehead atoms. The van der Waals surface area contributed by atoms with E-state index < -0.39 is 0 Å². The third-order valence-corrected chi connectivity index (χ3v) is 4.75. The van der Waals surface area contributed by atoms with Crippen molar-refractivity contribution in [3.8, 4) is 0 Å². The summed E-state index contributed by atoms with van der Waals surface area (Å²) >= 11 is 0. The van der Waals surface area contributed by atoms with Gasteiger partial charge in [0, 0.05) is 18.8 Å². The van der Waals surface area contributed by atoms with Gasteiger partial charge in [-0.05, 0) is 56.8 Å². The molecule has 2 rings (SSSR count). The number of aromatic nitrogens is 1. The Morgan fingerprint density at radius 1 is 1.35 bits per heavy atom. The van der Waals surface area contributed by atoms with Crippen LogP contribution in [0.3, 0.4) is 0 Å². The normalized spacial score (nSPS) is 26.9. The van der Waals surface area contributed by atoms with Crippen LogP contribution >= 0.6 is 0 Å². The summed E-state index contributed by atoms with van der Waals surface area (Å²) in [4.78, 5) is 6.99. The minimum atomic E-state index is 0.324. The molecular formula is C17H29N3. The molecule has 0 amide bonds. The lowest BCUT2D eigenvalue weighted by atomic mass is 9.70. The van der Waals surface area contributed by atoms with E-state index in [1.807, 2.05) is 13.0 Å². The lowest BCUT2D eigenvalue weighted by Crippen LogP contribution is -2.43. The Balaban J connectivity index is 1.94. The first-order valence-electron chi connectivity index (χ1n) is 7.84. The molecule has 1 aliphatic rings. The Bertz CT molecular complexity index is 422. The summed E-state index contributed by atoms with van der Waals surface area (Å²) in [6, 6.07) is 6.25. The largest absolute Gasteiger partial charge is 0.330 e. The molecule has 112 valence electrons. The molecule has 1 aromatic heterocycles. The molecule has 0 atom stereocenters. The topological polar surface area (TPSA) is 42.1 Å². The molecule has 3 heteroatoms. The minimum absolute atomic E-state index is 0.324. The molecule has 1 fully saturated rings. The van der Waals surface area contributed by atoms with Crippen molar-refractivity contribution in [2.45, 2.75) is 46.1 Å². The molecule has 0 aromatic carbocycles. The van der Waals surface area contributed by atoms with Crippen LogP contribution in [-0.2, 0) is 6.54 Å². The van der Waals surface area contributed by atoms with E-state index in [0.717, 1.165) is 36.9 Å². The predicted octanol–water partition coefficient (Wildman–Crippen LogP) is 2.98. The summed E-state index contributed by atoms with van der Waals surface area (Å²) in [5.74, 6) is 0.874. The van der Waals surface area contributed by atoms with Crippen molar-refractivity contribution in [1.82, 2.24) is 9.88 Å². The van der Waals surface area contributed by atoms with Gasteiger partial charge in [0.1, 0.15) is 0 Å². The smallest absolute Gasteiger partial charge is 0.0547 e. The van der Waals surface area contributed by atoms with E-state index in [1.54, 1.807) is 0 Å². The molecule has 0 unspecified atom stereocenters. The zero-order valence-electron chi connectivity index (χ0n) is 13.2. The molecule has 0 aliphatic heterocycles. The first kappa shape index (κ1) is 15.5. The molecule has 20 heavy (non-hydrogen) atoms. The van der Waals surface area contributed by atoms with Gasteiger partial charge < -0.3 is 5.73 Å². The molecule has 2 N–H and O–H groups in total.